The summed E-state index contributed by atoms with van der Waals surface area (Å²) < 4.78 is 16.2. The van der Waals surface area contributed by atoms with Crippen LogP contribution >= 0.6 is 0 Å². The molecule has 2 atom stereocenters. The highest BCUT2D eigenvalue weighted by molar-refractivity contribution is 5.46. The van der Waals surface area contributed by atoms with Gasteiger partial charge in [-0.15, -0.1) is 0 Å². The Morgan fingerprint density at radius 1 is 1.33 bits per heavy atom. The van der Waals surface area contributed by atoms with Crippen LogP contribution in [-0.2, 0) is 11.3 Å². The summed E-state index contributed by atoms with van der Waals surface area (Å²) in [5.74, 6) is 1.58. The van der Waals surface area contributed by atoms with Gasteiger partial charge in [-0.1, -0.05) is 12.1 Å². The lowest BCUT2D eigenvalue weighted by Gasteiger charge is -2.18. The van der Waals surface area contributed by atoms with Crippen LogP contribution in [0.5, 0.6) is 11.5 Å². The van der Waals surface area contributed by atoms with E-state index in [1.807, 2.05) is 12.1 Å². The summed E-state index contributed by atoms with van der Waals surface area (Å²) in [7, 11) is 3.32. The summed E-state index contributed by atoms with van der Waals surface area (Å²) in [6.45, 7) is 3.71. The second kappa shape index (κ2) is 6.07. The normalized spacial score (nSPS) is 23.1. The SMILES string of the molecule is COc1cccc(CNC2CCOC2C)c1OC. The third kappa shape index (κ3) is 2.76. The van der Waals surface area contributed by atoms with Crippen molar-refractivity contribution in [2.24, 2.45) is 0 Å². The largest absolute Gasteiger partial charge is 0.493 e. The summed E-state index contributed by atoms with van der Waals surface area (Å²) in [4.78, 5) is 0. The molecule has 1 aliphatic rings. The van der Waals surface area contributed by atoms with Crippen molar-refractivity contribution in [3.05, 3.63) is 23.8 Å². The van der Waals surface area contributed by atoms with E-state index in [1.165, 1.54) is 0 Å². The Balaban J connectivity index is 2.04. The van der Waals surface area contributed by atoms with Crippen LogP contribution in [0, 0.1) is 0 Å². The summed E-state index contributed by atoms with van der Waals surface area (Å²) in [6.07, 6.45) is 1.34. The topological polar surface area (TPSA) is 39.7 Å². The van der Waals surface area contributed by atoms with Gasteiger partial charge in [0.15, 0.2) is 11.5 Å². The van der Waals surface area contributed by atoms with Gasteiger partial charge in [0, 0.05) is 24.8 Å². The molecule has 0 radical (unpaired) electrons. The van der Waals surface area contributed by atoms with Gasteiger partial charge >= 0.3 is 0 Å². The number of benzene rings is 1. The Morgan fingerprint density at radius 3 is 2.78 bits per heavy atom. The number of ether oxygens (including phenoxy) is 3. The lowest BCUT2D eigenvalue weighted by Crippen LogP contribution is -2.34. The van der Waals surface area contributed by atoms with Crippen molar-refractivity contribution in [2.75, 3.05) is 20.8 Å². The average molecular weight is 251 g/mol. The number of methoxy groups -OCH3 is 2. The molecule has 1 aromatic carbocycles. The number of rotatable bonds is 5. The first-order valence-corrected chi connectivity index (χ1v) is 6.31. The maximum absolute atomic E-state index is 5.54. The molecule has 0 bridgehead atoms. The van der Waals surface area contributed by atoms with Crippen LogP contribution in [0.2, 0.25) is 0 Å². The van der Waals surface area contributed by atoms with Crippen molar-refractivity contribution in [2.45, 2.75) is 32.0 Å². The van der Waals surface area contributed by atoms with Crippen LogP contribution in [0.15, 0.2) is 18.2 Å². The van der Waals surface area contributed by atoms with Crippen molar-refractivity contribution in [1.82, 2.24) is 5.32 Å². The fraction of sp³-hybridized carbons (Fsp3) is 0.571. The van der Waals surface area contributed by atoms with Crippen molar-refractivity contribution in [3.8, 4) is 11.5 Å². The Bertz CT molecular complexity index is 395. The molecule has 0 aromatic heterocycles. The molecule has 1 heterocycles. The lowest BCUT2D eigenvalue weighted by molar-refractivity contribution is 0.113. The van der Waals surface area contributed by atoms with Gasteiger partial charge in [0.2, 0.25) is 0 Å². The average Bonchev–Trinajstić information content (AvgIpc) is 2.81. The van der Waals surface area contributed by atoms with E-state index in [0.717, 1.165) is 36.6 Å². The van der Waals surface area contributed by atoms with Gasteiger partial charge in [-0.3, -0.25) is 0 Å². The van der Waals surface area contributed by atoms with Gasteiger partial charge in [-0.2, -0.15) is 0 Å². The van der Waals surface area contributed by atoms with Crippen LogP contribution in [-0.4, -0.2) is 33.0 Å². The van der Waals surface area contributed by atoms with E-state index < -0.39 is 0 Å². The fourth-order valence-corrected chi connectivity index (χ4v) is 2.33. The Labute approximate surface area is 108 Å². The molecule has 0 aliphatic carbocycles. The predicted octanol–water partition coefficient (Wildman–Crippen LogP) is 1.97. The smallest absolute Gasteiger partial charge is 0.165 e. The lowest BCUT2D eigenvalue weighted by atomic mass is 10.1. The van der Waals surface area contributed by atoms with Gasteiger partial charge in [0.05, 0.1) is 20.3 Å². The third-order valence-electron chi connectivity index (χ3n) is 3.42. The molecular weight excluding hydrogens is 230 g/mol. The highest BCUT2D eigenvalue weighted by Crippen LogP contribution is 2.30. The quantitative estimate of drug-likeness (QED) is 0.868. The molecule has 0 spiro atoms. The van der Waals surface area contributed by atoms with Crippen LogP contribution in [0.25, 0.3) is 0 Å². The predicted molar refractivity (Wildman–Crippen MR) is 70.2 cm³/mol. The second-order valence-electron chi connectivity index (χ2n) is 4.50. The number of nitrogens with one attached hydrogen (secondary N) is 1. The molecular formula is C14H21NO3. The van der Waals surface area contributed by atoms with Crippen LogP contribution in [0.4, 0.5) is 0 Å². The van der Waals surface area contributed by atoms with E-state index in [4.69, 9.17) is 14.2 Å². The van der Waals surface area contributed by atoms with Gasteiger partial charge < -0.3 is 19.5 Å². The first kappa shape index (κ1) is 13.2. The molecule has 2 rings (SSSR count). The van der Waals surface area contributed by atoms with Crippen LogP contribution in [0.3, 0.4) is 0 Å². The van der Waals surface area contributed by atoms with Crippen molar-refractivity contribution in [3.63, 3.8) is 0 Å². The summed E-state index contributed by atoms with van der Waals surface area (Å²) in [6, 6.07) is 6.35. The van der Waals surface area contributed by atoms with Gasteiger partial charge in [0.25, 0.3) is 0 Å². The fourth-order valence-electron chi connectivity index (χ4n) is 2.33. The van der Waals surface area contributed by atoms with Crippen molar-refractivity contribution < 1.29 is 14.2 Å². The zero-order valence-electron chi connectivity index (χ0n) is 11.2. The van der Waals surface area contributed by atoms with Crippen molar-refractivity contribution >= 4 is 0 Å². The highest BCUT2D eigenvalue weighted by Gasteiger charge is 2.23. The molecule has 1 aliphatic heterocycles. The molecule has 1 aromatic rings. The van der Waals surface area contributed by atoms with Crippen molar-refractivity contribution in [1.29, 1.82) is 0 Å². The van der Waals surface area contributed by atoms with E-state index in [9.17, 15) is 0 Å². The molecule has 0 saturated carbocycles. The number of hydrogen-bond acceptors (Lipinski definition) is 4. The van der Waals surface area contributed by atoms with Crippen LogP contribution in [0.1, 0.15) is 18.9 Å². The van der Waals surface area contributed by atoms with E-state index in [2.05, 4.69) is 18.3 Å². The first-order chi connectivity index (χ1) is 8.76. The maximum Gasteiger partial charge on any atom is 0.165 e. The standard InChI is InChI=1S/C14H21NO3/c1-10-12(7-8-18-10)15-9-11-5-4-6-13(16-2)14(11)17-3/h4-6,10,12,15H,7-9H2,1-3H3. The minimum Gasteiger partial charge on any atom is -0.493 e. The molecule has 18 heavy (non-hydrogen) atoms. The number of hydrogen-bond donors (Lipinski definition) is 1. The summed E-state index contributed by atoms with van der Waals surface area (Å²) in [5.41, 5.74) is 1.11. The minimum atomic E-state index is 0.279. The van der Waals surface area contributed by atoms with E-state index in [1.54, 1.807) is 14.2 Å². The van der Waals surface area contributed by atoms with Crippen LogP contribution < -0.4 is 14.8 Å². The second-order valence-corrected chi connectivity index (χ2v) is 4.50. The highest BCUT2D eigenvalue weighted by atomic mass is 16.5. The van der Waals surface area contributed by atoms with Gasteiger partial charge in [-0.05, 0) is 19.4 Å². The molecule has 1 saturated heterocycles. The van der Waals surface area contributed by atoms with E-state index in [0.29, 0.717) is 6.04 Å². The molecule has 0 amide bonds. The summed E-state index contributed by atoms with van der Waals surface area (Å²) >= 11 is 0. The summed E-state index contributed by atoms with van der Waals surface area (Å²) in [5, 5.41) is 3.51. The number of para-hydroxylation sites is 1. The third-order valence-corrected chi connectivity index (χ3v) is 3.42. The molecule has 2 unspecified atom stereocenters. The molecule has 100 valence electrons. The maximum atomic E-state index is 5.54. The molecule has 4 nitrogen and oxygen atoms in total. The Hall–Kier alpha value is -1.26. The molecule has 4 heteroatoms. The minimum absolute atomic E-state index is 0.279. The zero-order chi connectivity index (χ0) is 13.0. The van der Waals surface area contributed by atoms with E-state index in [-0.39, 0.29) is 6.10 Å². The van der Waals surface area contributed by atoms with E-state index >= 15 is 0 Å². The zero-order valence-corrected chi connectivity index (χ0v) is 11.2. The van der Waals surface area contributed by atoms with Gasteiger partial charge in [-0.25, -0.2) is 0 Å². The van der Waals surface area contributed by atoms with Gasteiger partial charge in [0.1, 0.15) is 0 Å². The Kier molecular flexibility index (Phi) is 4.44. The molecule has 1 N–H and O–H groups in total. The Morgan fingerprint density at radius 2 is 2.17 bits per heavy atom. The first-order valence-electron chi connectivity index (χ1n) is 6.31. The molecule has 1 fully saturated rings. The monoisotopic (exact) mass is 251 g/mol.